The molecule has 2 aromatic rings. The number of hydrogen-bond acceptors (Lipinski definition) is 1. The van der Waals surface area contributed by atoms with E-state index in [9.17, 15) is 9.18 Å². The second kappa shape index (κ2) is 5.23. The maximum absolute atomic E-state index is 13.5. The van der Waals surface area contributed by atoms with Crippen molar-refractivity contribution in [3.8, 4) is 0 Å². The number of nitrogens with zero attached hydrogens (tertiary/aromatic N) is 1. The number of halogens is 2. The smallest absolute Gasteiger partial charge is 0.256 e. The maximum Gasteiger partial charge on any atom is 0.256 e. The van der Waals surface area contributed by atoms with Gasteiger partial charge in [0.25, 0.3) is 5.91 Å². The van der Waals surface area contributed by atoms with Gasteiger partial charge in [0, 0.05) is 26.0 Å². The van der Waals surface area contributed by atoms with Gasteiger partial charge in [0.1, 0.15) is 5.82 Å². The molecule has 1 N–H and O–H groups in total. The van der Waals surface area contributed by atoms with E-state index in [-0.39, 0.29) is 10.6 Å². The average Bonchev–Trinajstić information content (AvgIpc) is 2.72. The first kappa shape index (κ1) is 12.6. The molecule has 0 radical (unpaired) electrons. The molecule has 1 aromatic heterocycles. The molecule has 3 nitrogen and oxygen atoms in total. The van der Waals surface area contributed by atoms with Gasteiger partial charge in [0.15, 0.2) is 0 Å². The summed E-state index contributed by atoms with van der Waals surface area (Å²) in [7, 11) is 1.89. The minimum atomic E-state index is -0.618. The Hall–Kier alpha value is -1.81. The van der Waals surface area contributed by atoms with Gasteiger partial charge in [-0.05, 0) is 23.8 Å². The lowest BCUT2D eigenvalue weighted by molar-refractivity contribution is 0.0947. The molecule has 18 heavy (non-hydrogen) atoms. The summed E-state index contributed by atoms with van der Waals surface area (Å²) in [6.45, 7) is 0.338. The lowest BCUT2D eigenvalue weighted by atomic mass is 10.2. The van der Waals surface area contributed by atoms with Crippen LogP contribution in [0.1, 0.15) is 15.9 Å². The highest BCUT2D eigenvalue weighted by Crippen LogP contribution is 2.18. The zero-order valence-electron chi connectivity index (χ0n) is 9.78. The molecule has 94 valence electrons. The molecular weight excluding hydrogens is 255 g/mol. The molecule has 0 spiro atoms. The monoisotopic (exact) mass is 266 g/mol. The highest BCUT2D eigenvalue weighted by atomic mass is 35.5. The largest absolute Gasteiger partial charge is 0.357 e. The van der Waals surface area contributed by atoms with Gasteiger partial charge in [-0.15, -0.1) is 0 Å². The molecule has 2 rings (SSSR count). The number of amides is 1. The molecular formula is C13H12ClFN2O. The Morgan fingerprint density at radius 1 is 1.44 bits per heavy atom. The standard InChI is InChI=1S/C13H12ClFN2O/c1-17-6-5-9(8-17)7-16-13(18)12-10(14)3-2-4-11(12)15/h2-6,8H,7H2,1H3,(H,16,18). The summed E-state index contributed by atoms with van der Waals surface area (Å²) >= 11 is 5.81. The van der Waals surface area contributed by atoms with Crippen molar-refractivity contribution in [1.29, 1.82) is 0 Å². The molecule has 0 saturated carbocycles. The Morgan fingerprint density at radius 2 is 2.22 bits per heavy atom. The van der Waals surface area contributed by atoms with E-state index in [1.165, 1.54) is 18.2 Å². The van der Waals surface area contributed by atoms with Crippen molar-refractivity contribution in [3.63, 3.8) is 0 Å². The van der Waals surface area contributed by atoms with E-state index < -0.39 is 11.7 Å². The molecule has 5 heteroatoms. The van der Waals surface area contributed by atoms with Gasteiger partial charge in [0.05, 0.1) is 10.6 Å². The number of benzene rings is 1. The lowest BCUT2D eigenvalue weighted by Gasteiger charge is -2.06. The minimum Gasteiger partial charge on any atom is -0.357 e. The van der Waals surface area contributed by atoms with E-state index in [1.807, 2.05) is 30.1 Å². The van der Waals surface area contributed by atoms with Crippen molar-refractivity contribution in [2.75, 3.05) is 0 Å². The van der Waals surface area contributed by atoms with Crippen LogP contribution in [-0.4, -0.2) is 10.5 Å². The van der Waals surface area contributed by atoms with Crippen LogP contribution in [0.25, 0.3) is 0 Å². The third kappa shape index (κ3) is 2.71. The summed E-state index contributed by atoms with van der Waals surface area (Å²) in [4.78, 5) is 11.8. The van der Waals surface area contributed by atoms with E-state index in [1.54, 1.807) is 0 Å². The van der Waals surface area contributed by atoms with Crippen LogP contribution in [0.3, 0.4) is 0 Å². The van der Waals surface area contributed by atoms with Crippen molar-refractivity contribution in [1.82, 2.24) is 9.88 Å². The Balaban J connectivity index is 2.08. The SMILES string of the molecule is Cn1ccc(CNC(=O)c2c(F)cccc2Cl)c1. The fourth-order valence-corrected chi connectivity index (χ4v) is 1.90. The highest BCUT2D eigenvalue weighted by Gasteiger charge is 2.15. The molecule has 1 aromatic carbocycles. The van der Waals surface area contributed by atoms with Crippen molar-refractivity contribution in [2.24, 2.45) is 7.05 Å². The van der Waals surface area contributed by atoms with Crippen LogP contribution in [0.2, 0.25) is 5.02 Å². The van der Waals surface area contributed by atoms with E-state index in [0.29, 0.717) is 6.54 Å². The van der Waals surface area contributed by atoms with Gasteiger partial charge < -0.3 is 9.88 Å². The normalized spacial score (nSPS) is 10.4. The summed E-state index contributed by atoms with van der Waals surface area (Å²) in [6, 6.07) is 6.04. The predicted molar refractivity (Wildman–Crippen MR) is 68.0 cm³/mol. The molecule has 0 bridgehead atoms. The van der Waals surface area contributed by atoms with Crippen molar-refractivity contribution in [3.05, 3.63) is 58.6 Å². The third-order valence-corrected chi connectivity index (χ3v) is 2.85. The molecule has 0 aliphatic carbocycles. The van der Waals surface area contributed by atoms with Gasteiger partial charge in [-0.2, -0.15) is 0 Å². The first-order valence-electron chi connectivity index (χ1n) is 5.41. The van der Waals surface area contributed by atoms with Crippen LogP contribution in [0, 0.1) is 5.82 Å². The quantitative estimate of drug-likeness (QED) is 0.911. The Bertz CT molecular complexity index is 560. The topological polar surface area (TPSA) is 34.0 Å². The van der Waals surface area contributed by atoms with Crippen molar-refractivity contribution < 1.29 is 9.18 Å². The van der Waals surface area contributed by atoms with Crippen LogP contribution >= 0.6 is 11.6 Å². The molecule has 0 saturated heterocycles. The fraction of sp³-hybridized carbons (Fsp3) is 0.154. The molecule has 0 aliphatic heterocycles. The van der Waals surface area contributed by atoms with Gasteiger partial charge >= 0.3 is 0 Å². The zero-order valence-corrected chi connectivity index (χ0v) is 10.5. The number of aryl methyl sites for hydroxylation is 1. The molecule has 0 fully saturated rings. The average molecular weight is 267 g/mol. The van der Waals surface area contributed by atoms with Crippen LogP contribution in [0.15, 0.2) is 36.7 Å². The predicted octanol–water partition coefficient (Wildman–Crippen LogP) is 2.75. The summed E-state index contributed by atoms with van der Waals surface area (Å²) in [5.74, 6) is -1.13. The third-order valence-electron chi connectivity index (χ3n) is 2.54. The van der Waals surface area contributed by atoms with E-state index >= 15 is 0 Å². The van der Waals surface area contributed by atoms with Crippen molar-refractivity contribution >= 4 is 17.5 Å². The second-order valence-corrected chi connectivity index (χ2v) is 4.37. The fourth-order valence-electron chi connectivity index (χ4n) is 1.65. The zero-order chi connectivity index (χ0) is 13.1. The first-order valence-corrected chi connectivity index (χ1v) is 5.79. The summed E-state index contributed by atoms with van der Waals surface area (Å²) in [5, 5.41) is 2.75. The second-order valence-electron chi connectivity index (χ2n) is 3.96. The highest BCUT2D eigenvalue weighted by molar-refractivity contribution is 6.33. The number of hydrogen-bond donors (Lipinski definition) is 1. The molecule has 0 atom stereocenters. The number of aromatic nitrogens is 1. The van der Waals surface area contributed by atoms with Gasteiger partial charge in [0.2, 0.25) is 0 Å². The minimum absolute atomic E-state index is 0.112. The first-order chi connectivity index (χ1) is 8.58. The van der Waals surface area contributed by atoms with E-state index in [4.69, 9.17) is 11.6 Å². The van der Waals surface area contributed by atoms with Gasteiger partial charge in [-0.3, -0.25) is 4.79 Å². The summed E-state index contributed by atoms with van der Waals surface area (Å²) in [6.07, 6.45) is 3.75. The Morgan fingerprint density at radius 3 is 2.83 bits per heavy atom. The molecule has 1 heterocycles. The number of rotatable bonds is 3. The molecule has 0 unspecified atom stereocenters. The van der Waals surface area contributed by atoms with Gasteiger partial charge in [-0.25, -0.2) is 4.39 Å². The van der Waals surface area contributed by atoms with E-state index in [0.717, 1.165) is 5.56 Å². The molecule has 1 amide bonds. The Kier molecular flexibility index (Phi) is 3.67. The van der Waals surface area contributed by atoms with Crippen molar-refractivity contribution in [2.45, 2.75) is 6.54 Å². The summed E-state index contributed by atoms with van der Waals surface area (Å²) in [5.41, 5.74) is 0.827. The van der Waals surface area contributed by atoms with Crippen LogP contribution in [0.5, 0.6) is 0 Å². The Labute approximate surface area is 109 Å². The molecule has 0 aliphatic rings. The lowest BCUT2D eigenvalue weighted by Crippen LogP contribution is -2.24. The van der Waals surface area contributed by atoms with Crippen LogP contribution < -0.4 is 5.32 Å². The number of carbonyl (C=O) groups is 1. The van der Waals surface area contributed by atoms with Crippen LogP contribution in [0.4, 0.5) is 4.39 Å². The number of carbonyl (C=O) groups excluding carboxylic acids is 1. The van der Waals surface area contributed by atoms with E-state index in [2.05, 4.69) is 5.32 Å². The number of nitrogens with one attached hydrogen (secondary N) is 1. The van der Waals surface area contributed by atoms with Crippen LogP contribution in [-0.2, 0) is 13.6 Å². The maximum atomic E-state index is 13.5. The van der Waals surface area contributed by atoms with Gasteiger partial charge in [-0.1, -0.05) is 17.7 Å². The summed E-state index contributed by atoms with van der Waals surface area (Å²) < 4.78 is 15.4.